The third-order valence-corrected chi connectivity index (χ3v) is 4.24. The van der Waals surface area contributed by atoms with Crippen LogP contribution in [0.25, 0.3) is 0 Å². The maximum atomic E-state index is 12.0. The van der Waals surface area contributed by atoms with Gasteiger partial charge in [-0.25, -0.2) is 5.43 Å². The molecule has 0 heterocycles. The van der Waals surface area contributed by atoms with Crippen molar-refractivity contribution in [2.24, 2.45) is 10.8 Å². The Morgan fingerprint density at radius 3 is 2.57 bits per heavy atom. The van der Waals surface area contributed by atoms with Crippen molar-refractivity contribution in [1.82, 2.24) is 5.43 Å². The van der Waals surface area contributed by atoms with E-state index in [2.05, 4.69) is 15.8 Å². The Kier molecular flexibility index (Phi) is 8.45. The van der Waals surface area contributed by atoms with Crippen LogP contribution in [0.4, 0.5) is 5.69 Å². The van der Waals surface area contributed by atoms with E-state index in [1.165, 1.54) is 12.3 Å². The molecule has 158 valence electrons. The van der Waals surface area contributed by atoms with Crippen molar-refractivity contribution in [2.45, 2.75) is 6.92 Å². The first-order valence-electron chi connectivity index (χ1n) is 8.58. The van der Waals surface area contributed by atoms with E-state index in [1.807, 2.05) is 0 Å². The van der Waals surface area contributed by atoms with Gasteiger partial charge in [0.05, 0.1) is 28.6 Å². The fraction of sp³-hybridized carbons (Fsp3) is 0.158. The van der Waals surface area contributed by atoms with Crippen LogP contribution >= 0.6 is 23.2 Å². The average molecular weight is 453 g/mol. The first-order chi connectivity index (χ1) is 14.3. The lowest BCUT2D eigenvalue weighted by Gasteiger charge is -2.11. The minimum absolute atomic E-state index is 0.117. The van der Waals surface area contributed by atoms with Crippen LogP contribution < -0.4 is 25.9 Å². The van der Waals surface area contributed by atoms with E-state index in [0.29, 0.717) is 23.7 Å². The number of ether oxygens (including phenoxy) is 2. The lowest BCUT2D eigenvalue weighted by atomic mass is 10.2. The number of carbonyl (C=O) groups excluding carboxylic acids is 3. The average Bonchev–Trinajstić information content (AvgIpc) is 2.70. The zero-order valence-electron chi connectivity index (χ0n) is 15.8. The molecule has 11 heteroatoms. The fourth-order valence-electron chi connectivity index (χ4n) is 2.14. The van der Waals surface area contributed by atoms with E-state index in [9.17, 15) is 14.4 Å². The number of carbonyl (C=O) groups is 3. The number of nitrogens with zero attached hydrogens (tertiary/aromatic N) is 1. The number of hydrazone groups is 1. The van der Waals surface area contributed by atoms with E-state index in [4.69, 9.17) is 38.4 Å². The molecular weight excluding hydrogens is 435 g/mol. The van der Waals surface area contributed by atoms with E-state index in [-0.39, 0.29) is 22.3 Å². The third-order valence-electron chi connectivity index (χ3n) is 3.42. The van der Waals surface area contributed by atoms with Crippen molar-refractivity contribution in [3.05, 3.63) is 52.0 Å². The van der Waals surface area contributed by atoms with E-state index >= 15 is 0 Å². The number of primary amides is 1. The maximum absolute atomic E-state index is 12.0. The second kappa shape index (κ2) is 11.0. The van der Waals surface area contributed by atoms with Crippen molar-refractivity contribution < 1.29 is 23.9 Å². The van der Waals surface area contributed by atoms with E-state index in [1.54, 1.807) is 37.3 Å². The highest BCUT2D eigenvalue weighted by molar-refractivity contribution is 6.45. The van der Waals surface area contributed by atoms with Gasteiger partial charge in [0.25, 0.3) is 5.91 Å². The van der Waals surface area contributed by atoms with E-state index < -0.39 is 17.7 Å². The van der Waals surface area contributed by atoms with Gasteiger partial charge < -0.3 is 20.5 Å². The Balaban J connectivity index is 2.00. The van der Waals surface area contributed by atoms with Crippen LogP contribution in [0.1, 0.15) is 12.5 Å². The molecule has 3 amide bonds. The van der Waals surface area contributed by atoms with Crippen LogP contribution in [0, 0.1) is 0 Å². The molecular formula is C19H18Cl2N4O5. The van der Waals surface area contributed by atoms with E-state index in [0.717, 1.165) is 0 Å². The number of hydrogen-bond acceptors (Lipinski definition) is 6. The molecule has 0 fully saturated rings. The van der Waals surface area contributed by atoms with Gasteiger partial charge >= 0.3 is 11.8 Å². The molecule has 0 aliphatic carbocycles. The Morgan fingerprint density at radius 2 is 1.87 bits per heavy atom. The molecule has 0 aliphatic rings. The molecule has 4 N–H and O–H groups in total. The lowest BCUT2D eigenvalue weighted by molar-refractivity contribution is -0.136. The summed E-state index contributed by atoms with van der Waals surface area (Å²) < 4.78 is 10.7. The van der Waals surface area contributed by atoms with Crippen LogP contribution in [0.3, 0.4) is 0 Å². The number of benzene rings is 2. The molecule has 0 bridgehead atoms. The summed E-state index contributed by atoms with van der Waals surface area (Å²) >= 11 is 11.8. The molecule has 0 atom stereocenters. The Labute approximate surface area is 182 Å². The number of amides is 3. The van der Waals surface area contributed by atoms with Gasteiger partial charge in [0.1, 0.15) is 0 Å². The predicted molar refractivity (Wildman–Crippen MR) is 113 cm³/mol. The third kappa shape index (κ3) is 6.64. The number of rotatable bonds is 8. The summed E-state index contributed by atoms with van der Waals surface area (Å²) in [5.41, 5.74) is 7.91. The lowest BCUT2D eigenvalue weighted by Crippen LogP contribution is -2.32. The minimum atomic E-state index is -1.01. The molecule has 2 aromatic carbocycles. The second-order valence-electron chi connectivity index (χ2n) is 5.65. The van der Waals surface area contributed by atoms with Crippen LogP contribution in [0.5, 0.6) is 11.5 Å². The Hall–Kier alpha value is -3.30. The summed E-state index contributed by atoms with van der Waals surface area (Å²) in [4.78, 5) is 34.7. The van der Waals surface area contributed by atoms with Crippen LogP contribution in [0.15, 0.2) is 41.5 Å². The number of anilines is 1. The smallest absolute Gasteiger partial charge is 0.329 e. The SMILES string of the molecule is CCOc1cc(C=NNC(=O)C(=O)Nc2cccc(Cl)c2Cl)ccc1OCC(N)=O. The van der Waals surface area contributed by atoms with Gasteiger partial charge in [0.2, 0.25) is 0 Å². The summed E-state index contributed by atoms with van der Waals surface area (Å²) in [5, 5.41) is 6.43. The highest BCUT2D eigenvalue weighted by atomic mass is 35.5. The highest BCUT2D eigenvalue weighted by Gasteiger charge is 2.15. The molecule has 0 radical (unpaired) electrons. The fourth-order valence-corrected chi connectivity index (χ4v) is 2.48. The molecule has 2 rings (SSSR count). The summed E-state index contributed by atoms with van der Waals surface area (Å²) in [5.74, 6) is -1.91. The summed E-state index contributed by atoms with van der Waals surface area (Å²) in [6.45, 7) is 1.84. The molecule has 0 aromatic heterocycles. The van der Waals surface area contributed by atoms with Gasteiger partial charge in [-0.15, -0.1) is 0 Å². The zero-order valence-corrected chi connectivity index (χ0v) is 17.3. The van der Waals surface area contributed by atoms with Crippen molar-refractivity contribution in [1.29, 1.82) is 0 Å². The number of nitrogens with two attached hydrogens (primary N) is 1. The van der Waals surface area contributed by atoms with Gasteiger partial charge in [-0.1, -0.05) is 29.3 Å². The van der Waals surface area contributed by atoms with Crippen LogP contribution in [-0.2, 0) is 14.4 Å². The Bertz CT molecular complexity index is 981. The van der Waals surface area contributed by atoms with Crippen molar-refractivity contribution in [3.8, 4) is 11.5 Å². The van der Waals surface area contributed by atoms with Gasteiger partial charge in [-0.3, -0.25) is 14.4 Å². The molecule has 9 nitrogen and oxygen atoms in total. The summed E-state index contributed by atoms with van der Waals surface area (Å²) in [7, 11) is 0. The molecule has 0 saturated carbocycles. The normalized spacial score (nSPS) is 10.5. The number of hydrogen-bond donors (Lipinski definition) is 3. The molecule has 0 spiro atoms. The van der Waals surface area contributed by atoms with Gasteiger partial charge in [-0.2, -0.15) is 5.10 Å². The van der Waals surface area contributed by atoms with Crippen molar-refractivity contribution in [3.63, 3.8) is 0 Å². The second-order valence-corrected chi connectivity index (χ2v) is 6.43. The largest absolute Gasteiger partial charge is 0.490 e. The minimum Gasteiger partial charge on any atom is -0.490 e. The summed E-state index contributed by atoms with van der Waals surface area (Å²) in [6, 6.07) is 9.38. The Morgan fingerprint density at radius 1 is 1.10 bits per heavy atom. The quantitative estimate of drug-likeness (QED) is 0.321. The predicted octanol–water partition coefficient (Wildman–Crippen LogP) is 2.34. The molecule has 0 aliphatic heterocycles. The molecule has 0 unspecified atom stereocenters. The number of nitrogens with one attached hydrogen (secondary N) is 2. The topological polar surface area (TPSA) is 132 Å². The standard InChI is InChI=1S/C19H18Cl2N4O5/c1-2-29-15-8-11(6-7-14(15)30-10-16(22)26)9-23-25-19(28)18(27)24-13-5-3-4-12(20)17(13)21/h3-9H,2,10H2,1H3,(H2,22,26)(H,24,27)(H,25,28). The van der Waals surface area contributed by atoms with Gasteiger partial charge in [0, 0.05) is 0 Å². The van der Waals surface area contributed by atoms with Crippen molar-refractivity contribution in [2.75, 3.05) is 18.5 Å². The maximum Gasteiger partial charge on any atom is 0.329 e. The highest BCUT2D eigenvalue weighted by Crippen LogP contribution is 2.29. The van der Waals surface area contributed by atoms with Crippen molar-refractivity contribution >= 4 is 52.8 Å². The first-order valence-corrected chi connectivity index (χ1v) is 9.33. The monoisotopic (exact) mass is 452 g/mol. The van der Waals surface area contributed by atoms with Gasteiger partial charge in [-0.05, 0) is 42.8 Å². The molecule has 30 heavy (non-hydrogen) atoms. The first kappa shape index (κ1) is 23.0. The summed E-state index contributed by atoms with van der Waals surface area (Å²) in [6.07, 6.45) is 1.30. The number of halogens is 2. The molecule has 0 saturated heterocycles. The van der Waals surface area contributed by atoms with Crippen LogP contribution in [-0.4, -0.2) is 37.1 Å². The zero-order chi connectivity index (χ0) is 22.1. The van der Waals surface area contributed by atoms with Gasteiger partial charge in [0.15, 0.2) is 18.1 Å². The molecule has 2 aromatic rings. The van der Waals surface area contributed by atoms with Crippen LogP contribution in [0.2, 0.25) is 10.0 Å².